The van der Waals surface area contributed by atoms with Gasteiger partial charge in [0.1, 0.15) is 6.10 Å². The Labute approximate surface area is 130 Å². The lowest BCUT2D eigenvalue weighted by Crippen LogP contribution is -2.19. The number of hydroxylamine groups is 2. The molecule has 1 atom stereocenters. The summed E-state index contributed by atoms with van der Waals surface area (Å²) in [7, 11) is 1.70. The van der Waals surface area contributed by atoms with Gasteiger partial charge in [0, 0.05) is 24.8 Å². The molecule has 0 aliphatic rings. The molecule has 0 amide bonds. The van der Waals surface area contributed by atoms with Crippen molar-refractivity contribution in [3.8, 4) is 0 Å². The minimum absolute atomic E-state index is 0.230. The van der Waals surface area contributed by atoms with Crippen LogP contribution >= 0.6 is 12.0 Å². The normalized spacial score (nSPS) is 12.4. The molecular formula is C15H23NO4S. The van der Waals surface area contributed by atoms with Crippen LogP contribution in [0.3, 0.4) is 0 Å². The SMILES string of the molecule is CCCSON(C)OC(C)c1cccc(C(=O)OCC)c1. The smallest absolute Gasteiger partial charge is 0.338 e. The van der Waals surface area contributed by atoms with E-state index in [0.717, 1.165) is 17.7 Å². The van der Waals surface area contributed by atoms with Crippen LogP contribution in [0.1, 0.15) is 49.2 Å². The Morgan fingerprint density at radius 3 is 2.81 bits per heavy atom. The number of ether oxygens (including phenoxy) is 1. The van der Waals surface area contributed by atoms with Gasteiger partial charge >= 0.3 is 5.97 Å². The number of benzene rings is 1. The second kappa shape index (κ2) is 9.78. The summed E-state index contributed by atoms with van der Waals surface area (Å²) in [5, 5.41) is 1.34. The number of carbonyl (C=O) groups excluding carboxylic acids is 1. The highest BCUT2D eigenvalue weighted by Gasteiger charge is 2.13. The van der Waals surface area contributed by atoms with Gasteiger partial charge in [-0.3, -0.25) is 4.84 Å². The summed E-state index contributed by atoms with van der Waals surface area (Å²) in [6.45, 7) is 6.13. The Balaban J connectivity index is 2.59. The van der Waals surface area contributed by atoms with E-state index >= 15 is 0 Å². The maximum atomic E-state index is 11.7. The fourth-order valence-corrected chi connectivity index (χ4v) is 2.05. The maximum absolute atomic E-state index is 11.7. The van der Waals surface area contributed by atoms with Crippen LogP contribution in [0.15, 0.2) is 24.3 Å². The fraction of sp³-hybridized carbons (Fsp3) is 0.533. The standard InChI is InChI=1S/C15H23NO4S/c1-5-10-21-20-16(4)19-12(3)13-8-7-9-14(11-13)15(17)18-6-2/h7-9,11-12H,5-6,10H2,1-4H3. The molecule has 0 spiro atoms. The largest absolute Gasteiger partial charge is 0.462 e. The molecule has 0 N–H and O–H groups in total. The van der Waals surface area contributed by atoms with Gasteiger partial charge in [-0.15, -0.1) is 0 Å². The third-order valence-electron chi connectivity index (χ3n) is 2.62. The molecule has 0 heterocycles. The van der Waals surface area contributed by atoms with E-state index in [9.17, 15) is 4.79 Å². The highest BCUT2D eigenvalue weighted by molar-refractivity contribution is 7.94. The first-order chi connectivity index (χ1) is 10.1. The van der Waals surface area contributed by atoms with Crippen molar-refractivity contribution in [2.45, 2.75) is 33.3 Å². The van der Waals surface area contributed by atoms with E-state index in [2.05, 4.69) is 6.92 Å². The molecule has 5 nitrogen and oxygen atoms in total. The quantitative estimate of drug-likeness (QED) is 0.299. The number of carbonyl (C=O) groups is 1. The molecule has 0 saturated carbocycles. The molecule has 1 aromatic rings. The number of hydrogen-bond donors (Lipinski definition) is 0. The van der Waals surface area contributed by atoms with Crippen LogP contribution < -0.4 is 0 Å². The van der Waals surface area contributed by atoms with Crippen LogP contribution in [0.5, 0.6) is 0 Å². The van der Waals surface area contributed by atoms with Gasteiger partial charge < -0.3 is 4.74 Å². The molecule has 1 unspecified atom stereocenters. The second-order valence-corrected chi connectivity index (χ2v) is 5.22. The Morgan fingerprint density at radius 2 is 2.14 bits per heavy atom. The van der Waals surface area contributed by atoms with Crippen molar-refractivity contribution >= 4 is 18.0 Å². The Morgan fingerprint density at radius 1 is 1.38 bits per heavy atom. The van der Waals surface area contributed by atoms with Gasteiger partial charge in [-0.2, -0.15) is 0 Å². The topological polar surface area (TPSA) is 48.0 Å². The minimum atomic E-state index is -0.324. The van der Waals surface area contributed by atoms with E-state index in [0.29, 0.717) is 12.2 Å². The number of esters is 1. The number of hydrogen-bond acceptors (Lipinski definition) is 6. The van der Waals surface area contributed by atoms with Crippen LogP contribution in [-0.2, 0) is 13.9 Å². The molecule has 6 heteroatoms. The molecule has 0 radical (unpaired) electrons. The van der Waals surface area contributed by atoms with Crippen molar-refractivity contribution in [2.75, 3.05) is 19.4 Å². The minimum Gasteiger partial charge on any atom is -0.462 e. The summed E-state index contributed by atoms with van der Waals surface area (Å²) in [6.07, 6.45) is 0.807. The lowest BCUT2D eigenvalue weighted by atomic mass is 10.1. The summed E-state index contributed by atoms with van der Waals surface area (Å²) >= 11 is 1.34. The van der Waals surface area contributed by atoms with Crippen molar-refractivity contribution in [1.29, 1.82) is 0 Å². The molecule has 0 fully saturated rings. The third-order valence-corrected chi connectivity index (χ3v) is 3.51. The average molecular weight is 313 g/mol. The maximum Gasteiger partial charge on any atom is 0.338 e. The van der Waals surface area contributed by atoms with E-state index in [4.69, 9.17) is 13.9 Å². The molecule has 0 aliphatic heterocycles. The monoisotopic (exact) mass is 313 g/mol. The predicted molar refractivity (Wildman–Crippen MR) is 83.5 cm³/mol. The van der Waals surface area contributed by atoms with Crippen LogP contribution in [0.4, 0.5) is 0 Å². The first kappa shape index (κ1) is 18.0. The van der Waals surface area contributed by atoms with Crippen molar-refractivity contribution in [2.24, 2.45) is 0 Å². The highest BCUT2D eigenvalue weighted by Crippen LogP contribution is 2.20. The van der Waals surface area contributed by atoms with Gasteiger partial charge in [-0.05, 0) is 38.0 Å². The van der Waals surface area contributed by atoms with Gasteiger partial charge in [0.15, 0.2) is 0 Å². The molecule has 118 valence electrons. The Kier molecular flexibility index (Phi) is 8.37. The van der Waals surface area contributed by atoms with Gasteiger partial charge in [-0.1, -0.05) is 24.3 Å². The summed E-state index contributed by atoms with van der Waals surface area (Å²) in [4.78, 5) is 17.3. The van der Waals surface area contributed by atoms with E-state index in [-0.39, 0.29) is 12.1 Å². The van der Waals surface area contributed by atoms with Crippen LogP contribution in [0.2, 0.25) is 0 Å². The van der Waals surface area contributed by atoms with Crippen molar-refractivity contribution in [3.63, 3.8) is 0 Å². The lowest BCUT2D eigenvalue weighted by molar-refractivity contribution is -0.316. The summed E-state index contributed by atoms with van der Waals surface area (Å²) < 4.78 is 10.3. The Hall–Kier alpha value is -1.08. The van der Waals surface area contributed by atoms with Crippen molar-refractivity contribution < 1.29 is 18.7 Å². The lowest BCUT2D eigenvalue weighted by Gasteiger charge is -2.20. The van der Waals surface area contributed by atoms with Crippen LogP contribution in [0, 0.1) is 0 Å². The first-order valence-corrected chi connectivity index (χ1v) is 7.96. The third kappa shape index (κ3) is 6.48. The van der Waals surface area contributed by atoms with Crippen LogP contribution in [-0.4, -0.2) is 30.6 Å². The molecule has 0 aliphatic carbocycles. The second-order valence-electron chi connectivity index (χ2n) is 4.43. The van der Waals surface area contributed by atoms with E-state index in [1.807, 2.05) is 19.1 Å². The molecule has 1 rings (SSSR count). The van der Waals surface area contributed by atoms with Crippen LogP contribution in [0.25, 0.3) is 0 Å². The van der Waals surface area contributed by atoms with Crippen molar-refractivity contribution in [3.05, 3.63) is 35.4 Å². The van der Waals surface area contributed by atoms with E-state index < -0.39 is 0 Å². The summed E-state index contributed by atoms with van der Waals surface area (Å²) in [5.41, 5.74) is 1.41. The molecule has 21 heavy (non-hydrogen) atoms. The zero-order valence-corrected chi connectivity index (χ0v) is 13.8. The number of nitrogens with zero attached hydrogens (tertiary/aromatic N) is 1. The fourth-order valence-electron chi connectivity index (χ4n) is 1.63. The summed E-state index contributed by atoms with van der Waals surface area (Å²) in [6, 6.07) is 7.22. The molecule has 0 bridgehead atoms. The first-order valence-electron chi connectivity index (χ1n) is 7.05. The van der Waals surface area contributed by atoms with Gasteiger partial charge in [-0.25, -0.2) is 9.08 Å². The van der Waals surface area contributed by atoms with Gasteiger partial charge in [0.2, 0.25) is 0 Å². The predicted octanol–water partition coefficient (Wildman–Crippen LogP) is 3.78. The van der Waals surface area contributed by atoms with Crippen molar-refractivity contribution in [1.82, 2.24) is 5.23 Å². The van der Waals surface area contributed by atoms with Gasteiger partial charge in [0.05, 0.1) is 12.2 Å². The molecular weight excluding hydrogens is 290 g/mol. The van der Waals surface area contributed by atoms with E-state index in [1.54, 1.807) is 26.1 Å². The number of rotatable bonds is 9. The molecule has 0 saturated heterocycles. The Bertz CT molecular complexity index is 441. The zero-order valence-electron chi connectivity index (χ0n) is 13.0. The highest BCUT2D eigenvalue weighted by atomic mass is 32.2. The molecule has 0 aromatic heterocycles. The molecule has 1 aromatic carbocycles. The zero-order chi connectivity index (χ0) is 15.7. The average Bonchev–Trinajstić information content (AvgIpc) is 2.48. The van der Waals surface area contributed by atoms with E-state index in [1.165, 1.54) is 17.3 Å². The summed E-state index contributed by atoms with van der Waals surface area (Å²) in [5.74, 6) is 0.579. The van der Waals surface area contributed by atoms with Gasteiger partial charge in [0.25, 0.3) is 0 Å².